The van der Waals surface area contributed by atoms with Crippen LogP contribution in [0.3, 0.4) is 0 Å². The summed E-state index contributed by atoms with van der Waals surface area (Å²) in [4.78, 5) is 3.64. The largest absolute Gasteiger partial charge is 0.491 e. The number of benzene rings is 2. The van der Waals surface area contributed by atoms with Crippen LogP contribution in [-0.4, -0.2) is 50.5 Å². The van der Waals surface area contributed by atoms with Crippen molar-refractivity contribution in [2.24, 2.45) is 0 Å². The van der Waals surface area contributed by atoms with Crippen molar-refractivity contribution in [3.05, 3.63) is 59.9 Å². The molecule has 0 aliphatic carbocycles. The highest BCUT2D eigenvalue weighted by atomic mass is 19.1. The van der Waals surface area contributed by atoms with Crippen molar-refractivity contribution in [1.29, 1.82) is 0 Å². The van der Waals surface area contributed by atoms with Crippen molar-refractivity contribution in [3.8, 4) is 5.75 Å². The Balaban J connectivity index is 1.40. The van der Waals surface area contributed by atoms with Crippen LogP contribution in [0, 0.1) is 5.82 Å². The average molecular weight is 359 g/mol. The zero-order chi connectivity index (χ0) is 18.4. The number of halogens is 1. The number of aliphatic hydroxyl groups is 1. The quantitative estimate of drug-likeness (QED) is 0.787. The van der Waals surface area contributed by atoms with E-state index in [2.05, 4.69) is 24.0 Å². The molecule has 0 aromatic heterocycles. The SMILES string of the molecule is CCc1ccc(OC[C@@H](O)C[NH+]2CCN(c3ccc(F)cc3)CC2)cc1. The molecular weight excluding hydrogens is 331 g/mol. The third-order valence-electron chi connectivity index (χ3n) is 4.96. The van der Waals surface area contributed by atoms with Gasteiger partial charge in [-0.3, -0.25) is 0 Å². The summed E-state index contributed by atoms with van der Waals surface area (Å²) in [7, 11) is 0. The number of hydrogen-bond acceptors (Lipinski definition) is 3. The molecule has 1 atom stereocenters. The molecule has 140 valence electrons. The zero-order valence-electron chi connectivity index (χ0n) is 15.3. The van der Waals surface area contributed by atoms with Crippen molar-refractivity contribution in [1.82, 2.24) is 0 Å². The molecule has 0 amide bonds. The van der Waals surface area contributed by atoms with Gasteiger partial charge in [0.1, 0.15) is 30.8 Å². The highest BCUT2D eigenvalue weighted by Gasteiger charge is 2.22. The summed E-state index contributed by atoms with van der Waals surface area (Å²) in [6, 6.07) is 14.7. The highest BCUT2D eigenvalue weighted by molar-refractivity contribution is 5.46. The van der Waals surface area contributed by atoms with Crippen molar-refractivity contribution >= 4 is 5.69 Å². The number of anilines is 1. The van der Waals surface area contributed by atoms with E-state index in [0.717, 1.165) is 44.0 Å². The molecule has 0 saturated carbocycles. The van der Waals surface area contributed by atoms with Gasteiger partial charge in [-0.1, -0.05) is 19.1 Å². The minimum atomic E-state index is -0.478. The number of aryl methyl sites for hydroxylation is 1. The van der Waals surface area contributed by atoms with Crippen LogP contribution in [0.15, 0.2) is 48.5 Å². The molecule has 5 heteroatoms. The second kappa shape index (κ2) is 9.01. The summed E-state index contributed by atoms with van der Waals surface area (Å²) in [5, 5.41) is 10.3. The second-order valence-electron chi connectivity index (χ2n) is 6.88. The minimum Gasteiger partial charge on any atom is -0.491 e. The molecule has 0 radical (unpaired) electrons. The van der Waals surface area contributed by atoms with Crippen LogP contribution in [-0.2, 0) is 6.42 Å². The van der Waals surface area contributed by atoms with Gasteiger partial charge in [0.15, 0.2) is 0 Å². The van der Waals surface area contributed by atoms with E-state index >= 15 is 0 Å². The van der Waals surface area contributed by atoms with E-state index in [9.17, 15) is 9.50 Å². The fourth-order valence-corrected chi connectivity index (χ4v) is 3.34. The van der Waals surface area contributed by atoms with Crippen LogP contribution >= 0.6 is 0 Å². The first-order valence-electron chi connectivity index (χ1n) is 9.38. The average Bonchev–Trinajstić information content (AvgIpc) is 2.68. The van der Waals surface area contributed by atoms with Gasteiger partial charge in [0.05, 0.1) is 26.2 Å². The number of nitrogens with zero attached hydrogens (tertiary/aromatic N) is 1. The van der Waals surface area contributed by atoms with Gasteiger partial charge < -0.3 is 19.6 Å². The molecule has 1 fully saturated rings. The van der Waals surface area contributed by atoms with E-state index in [1.54, 1.807) is 0 Å². The lowest BCUT2D eigenvalue weighted by atomic mass is 10.2. The summed E-state index contributed by atoms with van der Waals surface area (Å²) >= 11 is 0. The van der Waals surface area contributed by atoms with Gasteiger partial charge in [0, 0.05) is 5.69 Å². The molecule has 4 nitrogen and oxygen atoms in total. The van der Waals surface area contributed by atoms with Crippen LogP contribution < -0.4 is 14.5 Å². The predicted octanol–water partition coefficient (Wildman–Crippen LogP) is 1.53. The first kappa shape index (κ1) is 18.7. The Labute approximate surface area is 154 Å². The van der Waals surface area contributed by atoms with Gasteiger partial charge in [0.2, 0.25) is 0 Å². The molecule has 1 heterocycles. The van der Waals surface area contributed by atoms with Gasteiger partial charge in [-0.05, 0) is 48.4 Å². The molecule has 2 N–H and O–H groups in total. The Kier molecular flexibility index (Phi) is 6.47. The maximum Gasteiger partial charge on any atom is 0.137 e. The first-order chi connectivity index (χ1) is 12.6. The molecule has 2 aromatic carbocycles. The molecule has 2 aromatic rings. The predicted molar refractivity (Wildman–Crippen MR) is 101 cm³/mol. The number of piperazine rings is 1. The summed E-state index contributed by atoms with van der Waals surface area (Å²) in [5.41, 5.74) is 2.34. The maximum atomic E-state index is 13.0. The smallest absolute Gasteiger partial charge is 0.137 e. The zero-order valence-corrected chi connectivity index (χ0v) is 15.3. The van der Waals surface area contributed by atoms with Crippen LogP contribution in [0.2, 0.25) is 0 Å². The molecule has 1 aliphatic heterocycles. The van der Waals surface area contributed by atoms with Crippen molar-refractivity contribution < 1.29 is 19.1 Å². The molecule has 0 bridgehead atoms. The Morgan fingerprint density at radius 1 is 1.08 bits per heavy atom. The fourth-order valence-electron chi connectivity index (χ4n) is 3.34. The van der Waals surface area contributed by atoms with Crippen LogP contribution in [0.1, 0.15) is 12.5 Å². The Morgan fingerprint density at radius 3 is 2.35 bits per heavy atom. The van der Waals surface area contributed by atoms with Gasteiger partial charge in [-0.25, -0.2) is 4.39 Å². The lowest BCUT2D eigenvalue weighted by molar-refractivity contribution is -0.903. The highest BCUT2D eigenvalue weighted by Crippen LogP contribution is 2.14. The minimum absolute atomic E-state index is 0.203. The van der Waals surface area contributed by atoms with Crippen molar-refractivity contribution in [2.75, 3.05) is 44.2 Å². The van der Waals surface area contributed by atoms with E-state index < -0.39 is 6.10 Å². The van der Waals surface area contributed by atoms with E-state index in [1.165, 1.54) is 22.6 Å². The fraction of sp³-hybridized carbons (Fsp3) is 0.429. The lowest BCUT2D eigenvalue weighted by Gasteiger charge is -2.34. The van der Waals surface area contributed by atoms with E-state index in [0.29, 0.717) is 13.2 Å². The summed E-state index contributed by atoms with van der Waals surface area (Å²) in [6.45, 7) is 6.86. The summed E-state index contributed by atoms with van der Waals surface area (Å²) in [5.74, 6) is 0.600. The monoisotopic (exact) mass is 359 g/mol. The molecule has 0 spiro atoms. The molecule has 1 aliphatic rings. The van der Waals surface area contributed by atoms with E-state index in [4.69, 9.17) is 4.74 Å². The molecular formula is C21H28FN2O2+. The number of nitrogens with one attached hydrogen (secondary N) is 1. The van der Waals surface area contributed by atoms with Gasteiger partial charge in [-0.15, -0.1) is 0 Å². The number of hydrogen-bond donors (Lipinski definition) is 2. The number of aliphatic hydroxyl groups excluding tert-OH is 1. The van der Waals surface area contributed by atoms with Crippen molar-refractivity contribution in [3.63, 3.8) is 0 Å². The Hall–Kier alpha value is -2.11. The van der Waals surface area contributed by atoms with Crippen LogP contribution in [0.4, 0.5) is 10.1 Å². The van der Waals surface area contributed by atoms with Gasteiger partial charge in [-0.2, -0.15) is 0 Å². The standard InChI is InChI=1S/C21H27FN2O2/c1-2-17-3-9-21(10-4-17)26-16-20(25)15-23-11-13-24(14-12-23)19-7-5-18(22)6-8-19/h3-10,20,25H,2,11-16H2,1H3/p+1/t20-/m0/s1. The maximum absolute atomic E-state index is 13.0. The van der Waals surface area contributed by atoms with E-state index in [-0.39, 0.29) is 5.82 Å². The van der Waals surface area contributed by atoms with Crippen LogP contribution in [0.5, 0.6) is 5.75 Å². The first-order valence-corrected chi connectivity index (χ1v) is 9.38. The summed E-state index contributed by atoms with van der Waals surface area (Å²) < 4.78 is 18.7. The molecule has 3 rings (SSSR count). The van der Waals surface area contributed by atoms with Crippen molar-refractivity contribution in [2.45, 2.75) is 19.4 Å². The van der Waals surface area contributed by atoms with E-state index in [1.807, 2.05) is 24.3 Å². The topological polar surface area (TPSA) is 37.1 Å². The summed E-state index contributed by atoms with van der Waals surface area (Å²) in [6.07, 6.45) is 0.532. The third-order valence-corrected chi connectivity index (χ3v) is 4.96. The van der Waals surface area contributed by atoms with Crippen LogP contribution in [0.25, 0.3) is 0 Å². The lowest BCUT2D eigenvalue weighted by Crippen LogP contribution is -3.16. The Morgan fingerprint density at radius 2 is 1.73 bits per heavy atom. The molecule has 26 heavy (non-hydrogen) atoms. The number of rotatable bonds is 7. The van der Waals surface area contributed by atoms with Gasteiger partial charge >= 0.3 is 0 Å². The number of ether oxygens (including phenoxy) is 1. The molecule has 0 unspecified atom stereocenters. The Bertz CT molecular complexity index is 667. The second-order valence-corrected chi connectivity index (χ2v) is 6.88. The van der Waals surface area contributed by atoms with Gasteiger partial charge in [0.25, 0.3) is 0 Å². The molecule has 1 saturated heterocycles. The third kappa shape index (κ3) is 5.19. The number of quaternary nitrogens is 1. The normalized spacial score (nSPS) is 16.5.